The van der Waals surface area contributed by atoms with Gasteiger partial charge < -0.3 is 9.80 Å². The van der Waals surface area contributed by atoms with E-state index in [0.717, 1.165) is 37.4 Å². The molecule has 0 aliphatic carbocycles. The molecule has 0 amide bonds. The average molecular weight is 253 g/mol. The van der Waals surface area contributed by atoms with Gasteiger partial charge in [-0.1, -0.05) is 11.6 Å². The van der Waals surface area contributed by atoms with E-state index in [9.17, 15) is 0 Å². The fourth-order valence-electron chi connectivity index (χ4n) is 2.07. The fraction of sp³-hybridized carbons (Fsp3) is 0.500. The molecule has 1 aromatic carbocycles. The van der Waals surface area contributed by atoms with E-state index in [1.807, 2.05) is 13.0 Å². The lowest BCUT2D eigenvalue weighted by Crippen LogP contribution is -2.44. The molecule has 1 N–H and O–H groups in total. The van der Waals surface area contributed by atoms with Crippen molar-refractivity contribution in [3.63, 3.8) is 0 Å². The van der Waals surface area contributed by atoms with Crippen molar-refractivity contribution in [3.05, 3.63) is 22.7 Å². The van der Waals surface area contributed by atoms with Crippen LogP contribution >= 0.6 is 11.6 Å². The van der Waals surface area contributed by atoms with Gasteiger partial charge in [0.05, 0.1) is 15.8 Å². The van der Waals surface area contributed by atoms with Crippen LogP contribution in [0.1, 0.15) is 5.56 Å². The van der Waals surface area contributed by atoms with Gasteiger partial charge in [0.15, 0.2) is 0 Å². The SMILES string of the molecule is Cc1cc(N2CCN(C)CC2)c(Cl)cc1N=[NH+]. The Morgan fingerprint density at radius 3 is 2.47 bits per heavy atom. The van der Waals surface area contributed by atoms with Gasteiger partial charge in [-0.15, -0.1) is 0 Å². The van der Waals surface area contributed by atoms with E-state index >= 15 is 0 Å². The van der Waals surface area contributed by atoms with E-state index in [4.69, 9.17) is 17.1 Å². The molecule has 0 unspecified atom stereocenters. The summed E-state index contributed by atoms with van der Waals surface area (Å²) >= 11 is 6.25. The van der Waals surface area contributed by atoms with Crippen molar-refractivity contribution < 1.29 is 5.53 Å². The maximum Gasteiger partial charge on any atom is 0.144 e. The van der Waals surface area contributed by atoms with Gasteiger partial charge in [0, 0.05) is 26.2 Å². The average Bonchev–Trinajstić information content (AvgIpc) is 2.33. The van der Waals surface area contributed by atoms with Crippen LogP contribution in [0.5, 0.6) is 0 Å². The normalized spacial score (nSPS) is 17.2. The Balaban J connectivity index is 2.26. The first-order valence-electron chi connectivity index (χ1n) is 5.73. The van der Waals surface area contributed by atoms with Crippen molar-refractivity contribution in [3.8, 4) is 0 Å². The lowest BCUT2D eigenvalue weighted by atomic mass is 10.1. The second-order valence-corrected chi connectivity index (χ2v) is 4.90. The Morgan fingerprint density at radius 2 is 1.88 bits per heavy atom. The van der Waals surface area contributed by atoms with Gasteiger partial charge in [-0.05, 0) is 31.7 Å². The monoisotopic (exact) mass is 252 g/mol. The maximum atomic E-state index is 7.07. The number of anilines is 1. The fourth-order valence-corrected chi connectivity index (χ4v) is 2.34. The van der Waals surface area contributed by atoms with Gasteiger partial charge in [0.25, 0.3) is 0 Å². The van der Waals surface area contributed by atoms with Gasteiger partial charge in [-0.25, -0.2) is 0 Å². The summed E-state index contributed by atoms with van der Waals surface area (Å²) in [6.45, 7) is 6.06. The smallest absolute Gasteiger partial charge is 0.144 e. The third-order valence-corrected chi connectivity index (χ3v) is 3.53. The Labute approximate surface area is 107 Å². The van der Waals surface area contributed by atoms with Crippen LogP contribution in [0.15, 0.2) is 17.2 Å². The molecule has 1 radical (unpaired) electrons. The van der Waals surface area contributed by atoms with Gasteiger partial charge in [0.1, 0.15) is 11.2 Å². The number of halogens is 1. The summed E-state index contributed by atoms with van der Waals surface area (Å²) in [7, 11) is 2.13. The third kappa shape index (κ3) is 2.58. The van der Waals surface area contributed by atoms with Crippen LogP contribution in [0.4, 0.5) is 11.4 Å². The number of hydrogen-bond donors (Lipinski definition) is 1. The standard InChI is InChI=1S/C12H17ClN4/c1-9-7-12(10(13)8-11(9)15-14)17-5-3-16(2)4-6-17/h7-8,14H,3-6H2,1-2H3/q+1. The zero-order chi connectivity index (χ0) is 12.4. The Kier molecular flexibility index (Phi) is 3.64. The number of rotatable bonds is 2. The summed E-state index contributed by atoms with van der Waals surface area (Å²) in [5, 5.41) is 4.15. The van der Waals surface area contributed by atoms with Crippen LogP contribution in [0.2, 0.25) is 5.02 Å². The molecule has 91 valence electrons. The molecule has 1 aliphatic rings. The molecule has 1 fully saturated rings. The van der Waals surface area contributed by atoms with E-state index in [1.165, 1.54) is 0 Å². The molecule has 0 spiro atoms. The minimum atomic E-state index is 0.646. The van der Waals surface area contributed by atoms with Crippen LogP contribution in [-0.2, 0) is 0 Å². The summed E-state index contributed by atoms with van der Waals surface area (Å²) < 4.78 is 0. The molecule has 2 rings (SSSR count). The number of benzene rings is 1. The first kappa shape index (κ1) is 12.3. The molecule has 0 saturated carbocycles. The first-order chi connectivity index (χ1) is 8.11. The van der Waals surface area contributed by atoms with Crippen LogP contribution < -0.4 is 10.4 Å². The van der Waals surface area contributed by atoms with Crippen LogP contribution in [-0.4, -0.2) is 38.1 Å². The number of likely N-dealkylation sites (N-methyl/N-ethyl adjacent to an activating group) is 1. The third-order valence-electron chi connectivity index (χ3n) is 3.23. The van der Waals surface area contributed by atoms with Gasteiger partial charge in [-0.2, -0.15) is 0 Å². The van der Waals surface area contributed by atoms with E-state index in [-0.39, 0.29) is 0 Å². The second-order valence-electron chi connectivity index (χ2n) is 4.49. The zero-order valence-corrected chi connectivity index (χ0v) is 11.0. The molecule has 0 bridgehead atoms. The molecule has 0 aromatic heterocycles. The second kappa shape index (κ2) is 5.02. The summed E-state index contributed by atoms with van der Waals surface area (Å²) in [5.41, 5.74) is 9.77. The van der Waals surface area contributed by atoms with Crippen molar-refractivity contribution in [2.24, 2.45) is 5.11 Å². The zero-order valence-electron chi connectivity index (χ0n) is 10.2. The highest BCUT2D eigenvalue weighted by Gasteiger charge is 2.18. The number of hydrogen-bond acceptors (Lipinski definition) is 4. The number of nitrogens with zero attached hydrogens (tertiary/aromatic N) is 3. The summed E-state index contributed by atoms with van der Waals surface area (Å²) in [6, 6.07) is 3.80. The Morgan fingerprint density at radius 1 is 1.24 bits per heavy atom. The molecule has 1 aliphatic heterocycles. The first-order valence-corrected chi connectivity index (χ1v) is 6.10. The van der Waals surface area contributed by atoms with Gasteiger partial charge >= 0.3 is 0 Å². The minimum Gasteiger partial charge on any atom is -0.368 e. The van der Waals surface area contributed by atoms with E-state index in [0.29, 0.717) is 10.7 Å². The predicted octanol–water partition coefficient (Wildman–Crippen LogP) is 1.03. The Hall–Kier alpha value is -1.13. The summed E-state index contributed by atoms with van der Waals surface area (Å²) in [5.74, 6) is 0. The van der Waals surface area contributed by atoms with Crippen LogP contribution in [0.3, 0.4) is 0 Å². The molecule has 1 aromatic rings. The van der Waals surface area contributed by atoms with Crippen molar-refractivity contribution in [1.29, 1.82) is 0 Å². The topological polar surface area (TPSA) is 42.6 Å². The molecule has 5 heteroatoms. The molecular weight excluding hydrogens is 236 g/mol. The van der Waals surface area contributed by atoms with Gasteiger partial charge in [-0.3, -0.25) is 0 Å². The van der Waals surface area contributed by atoms with Crippen molar-refractivity contribution in [2.45, 2.75) is 6.92 Å². The molecular formula is C12H17ClN4+. The van der Waals surface area contributed by atoms with Gasteiger partial charge in [0.2, 0.25) is 0 Å². The molecule has 1 saturated heterocycles. The largest absolute Gasteiger partial charge is 0.368 e. The highest BCUT2D eigenvalue weighted by atomic mass is 35.5. The van der Waals surface area contributed by atoms with Crippen molar-refractivity contribution in [2.75, 3.05) is 38.1 Å². The molecule has 4 nitrogen and oxygen atoms in total. The van der Waals surface area contributed by atoms with E-state index in [2.05, 4.69) is 22.0 Å². The number of nitrogens with one attached hydrogen (secondary N) is 1. The lowest BCUT2D eigenvalue weighted by Gasteiger charge is -2.34. The number of aryl methyl sites for hydroxylation is 1. The van der Waals surface area contributed by atoms with Crippen LogP contribution in [0, 0.1) is 6.92 Å². The lowest BCUT2D eigenvalue weighted by molar-refractivity contribution is -0.210. The summed E-state index contributed by atoms with van der Waals surface area (Å²) in [6.07, 6.45) is 0. The number of piperazine rings is 1. The van der Waals surface area contributed by atoms with E-state index in [1.54, 1.807) is 6.07 Å². The van der Waals surface area contributed by atoms with Crippen molar-refractivity contribution in [1.82, 2.24) is 4.90 Å². The van der Waals surface area contributed by atoms with Crippen LogP contribution in [0.25, 0.3) is 0 Å². The Bertz CT molecular complexity index is 425. The highest BCUT2D eigenvalue weighted by Crippen LogP contribution is 2.33. The highest BCUT2D eigenvalue weighted by molar-refractivity contribution is 6.33. The minimum absolute atomic E-state index is 0.646. The van der Waals surface area contributed by atoms with Crippen molar-refractivity contribution >= 4 is 23.0 Å². The summed E-state index contributed by atoms with van der Waals surface area (Å²) in [4.78, 5) is 4.60. The molecule has 17 heavy (non-hydrogen) atoms. The molecule has 0 atom stereocenters. The molecule has 1 heterocycles. The maximum absolute atomic E-state index is 7.07. The predicted molar refractivity (Wildman–Crippen MR) is 68.9 cm³/mol. The quantitative estimate of drug-likeness (QED) is 0.799. The van der Waals surface area contributed by atoms with E-state index < -0.39 is 0 Å².